The van der Waals surface area contributed by atoms with Crippen LogP contribution in [0.1, 0.15) is 36.5 Å². The van der Waals surface area contributed by atoms with Gasteiger partial charge in [-0.2, -0.15) is 0 Å². The summed E-state index contributed by atoms with van der Waals surface area (Å²) in [4.78, 5) is 0. The summed E-state index contributed by atoms with van der Waals surface area (Å²) in [7, 11) is 0. The van der Waals surface area contributed by atoms with Crippen molar-refractivity contribution in [2.24, 2.45) is 0 Å². The van der Waals surface area contributed by atoms with E-state index in [9.17, 15) is 5.11 Å². The number of benzene rings is 2. The molecule has 18 heavy (non-hydrogen) atoms. The predicted octanol–water partition coefficient (Wildman–Crippen LogP) is 3.84. The molecule has 1 N–H and O–H groups in total. The lowest BCUT2D eigenvalue weighted by Gasteiger charge is -2.46. The van der Waals surface area contributed by atoms with Crippen LogP contribution in [0.5, 0.6) is 0 Å². The number of hydrogen-bond acceptors (Lipinski definition) is 1. The second kappa shape index (κ2) is 4.58. The van der Waals surface area contributed by atoms with Crippen molar-refractivity contribution >= 4 is 0 Å². The van der Waals surface area contributed by atoms with E-state index in [0.29, 0.717) is 0 Å². The smallest absolute Gasteiger partial charge is 0.0886 e. The van der Waals surface area contributed by atoms with Crippen LogP contribution in [0.4, 0.5) is 0 Å². The van der Waals surface area contributed by atoms with Crippen LogP contribution in [0.3, 0.4) is 0 Å². The molecule has 0 bridgehead atoms. The third-order valence-corrected chi connectivity index (χ3v) is 4.23. The Hall–Kier alpha value is -1.60. The van der Waals surface area contributed by atoms with Crippen LogP contribution in [0, 0.1) is 0 Å². The maximum Gasteiger partial charge on any atom is 0.0886 e. The van der Waals surface area contributed by atoms with Crippen LogP contribution >= 0.6 is 0 Å². The van der Waals surface area contributed by atoms with Crippen LogP contribution < -0.4 is 0 Å². The maximum atomic E-state index is 10.7. The molecule has 1 saturated carbocycles. The van der Waals surface area contributed by atoms with Crippen molar-refractivity contribution < 1.29 is 5.11 Å². The Kier molecular flexibility index (Phi) is 2.92. The SMILES string of the molecule is OC(c1ccccc1)C1(c2ccccc2)CCC1. The van der Waals surface area contributed by atoms with Gasteiger partial charge in [-0.05, 0) is 24.0 Å². The second-order valence-corrected chi connectivity index (χ2v) is 5.19. The van der Waals surface area contributed by atoms with E-state index in [1.54, 1.807) is 0 Å². The standard InChI is InChI=1S/C17H18O/c18-16(14-8-3-1-4-9-14)17(12-7-13-17)15-10-5-2-6-11-15/h1-6,8-11,16,18H,7,12-13H2. The van der Waals surface area contributed by atoms with Gasteiger partial charge in [-0.3, -0.25) is 0 Å². The molecule has 0 aromatic heterocycles. The van der Waals surface area contributed by atoms with Gasteiger partial charge >= 0.3 is 0 Å². The fourth-order valence-corrected chi connectivity index (χ4v) is 3.00. The molecule has 1 nitrogen and oxygen atoms in total. The van der Waals surface area contributed by atoms with Crippen LogP contribution in [0.2, 0.25) is 0 Å². The highest BCUT2D eigenvalue weighted by atomic mass is 16.3. The normalized spacial score (nSPS) is 18.9. The van der Waals surface area contributed by atoms with Gasteiger partial charge in [0, 0.05) is 5.41 Å². The van der Waals surface area contributed by atoms with Gasteiger partial charge in [0.05, 0.1) is 6.10 Å². The fraction of sp³-hybridized carbons (Fsp3) is 0.294. The predicted molar refractivity (Wildman–Crippen MR) is 73.4 cm³/mol. The van der Waals surface area contributed by atoms with E-state index in [1.165, 1.54) is 12.0 Å². The monoisotopic (exact) mass is 238 g/mol. The summed E-state index contributed by atoms with van der Waals surface area (Å²) in [5, 5.41) is 10.7. The molecule has 2 aromatic carbocycles. The van der Waals surface area contributed by atoms with Gasteiger partial charge in [0.25, 0.3) is 0 Å². The minimum Gasteiger partial charge on any atom is -0.387 e. The number of aliphatic hydroxyl groups is 1. The summed E-state index contributed by atoms with van der Waals surface area (Å²) in [5.74, 6) is 0. The molecule has 3 rings (SSSR count). The van der Waals surface area contributed by atoms with Gasteiger partial charge in [0.1, 0.15) is 0 Å². The first-order valence-corrected chi connectivity index (χ1v) is 6.61. The minimum absolute atomic E-state index is 0.0669. The quantitative estimate of drug-likeness (QED) is 0.861. The Balaban J connectivity index is 1.98. The van der Waals surface area contributed by atoms with Crippen LogP contribution in [0.15, 0.2) is 60.7 Å². The molecule has 2 aromatic rings. The second-order valence-electron chi connectivity index (χ2n) is 5.19. The zero-order chi connectivity index (χ0) is 12.4. The molecule has 1 unspecified atom stereocenters. The topological polar surface area (TPSA) is 20.2 Å². The van der Waals surface area contributed by atoms with Crippen molar-refractivity contribution in [2.45, 2.75) is 30.8 Å². The average molecular weight is 238 g/mol. The number of hydrogen-bond donors (Lipinski definition) is 1. The highest BCUT2D eigenvalue weighted by Gasteiger charge is 2.45. The number of rotatable bonds is 3. The van der Waals surface area contributed by atoms with Gasteiger partial charge in [-0.15, -0.1) is 0 Å². The van der Waals surface area contributed by atoms with Gasteiger partial charge in [-0.1, -0.05) is 67.1 Å². The summed E-state index contributed by atoms with van der Waals surface area (Å²) in [5.41, 5.74) is 2.23. The third-order valence-electron chi connectivity index (χ3n) is 4.23. The van der Waals surface area contributed by atoms with Crippen LogP contribution in [0.25, 0.3) is 0 Å². The summed E-state index contributed by atoms with van der Waals surface area (Å²) in [6, 6.07) is 20.5. The summed E-state index contributed by atoms with van der Waals surface area (Å²) < 4.78 is 0. The van der Waals surface area contributed by atoms with Crippen LogP contribution in [-0.4, -0.2) is 5.11 Å². The largest absolute Gasteiger partial charge is 0.387 e. The minimum atomic E-state index is -0.394. The average Bonchev–Trinajstić information content (AvgIpc) is 2.40. The van der Waals surface area contributed by atoms with Crippen molar-refractivity contribution in [3.05, 3.63) is 71.8 Å². The summed E-state index contributed by atoms with van der Waals surface area (Å²) >= 11 is 0. The molecule has 0 spiro atoms. The van der Waals surface area contributed by atoms with Gasteiger partial charge in [0.15, 0.2) is 0 Å². The molecule has 92 valence electrons. The van der Waals surface area contributed by atoms with E-state index >= 15 is 0 Å². The van der Waals surface area contributed by atoms with Crippen molar-refractivity contribution in [3.63, 3.8) is 0 Å². The number of aliphatic hydroxyl groups excluding tert-OH is 1. The Bertz CT molecular complexity index is 500. The van der Waals surface area contributed by atoms with Crippen molar-refractivity contribution in [2.75, 3.05) is 0 Å². The first-order chi connectivity index (χ1) is 8.83. The molecular formula is C17H18O. The maximum absolute atomic E-state index is 10.7. The van der Waals surface area contributed by atoms with Crippen LogP contribution in [-0.2, 0) is 5.41 Å². The van der Waals surface area contributed by atoms with E-state index in [2.05, 4.69) is 24.3 Å². The summed E-state index contributed by atoms with van der Waals surface area (Å²) in [6.07, 6.45) is 2.97. The highest BCUT2D eigenvalue weighted by molar-refractivity contribution is 5.34. The Morgan fingerprint density at radius 2 is 1.39 bits per heavy atom. The molecule has 1 heteroatoms. The zero-order valence-corrected chi connectivity index (χ0v) is 10.4. The molecule has 0 amide bonds. The van der Waals surface area contributed by atoms with Gasteiger partial charge in [0.2, 0.25) is 0 Å². The van der Waals surface area contributed by atoms with E-state index in [-0.39, 0.29) is 5.41 Å². The molecule has 0 radical (unpaired) electrons. The molecule has 1 fully saturated rings. The lowest BCUT2D eigenvalue weighted by molar-refractivity contribution is 0.0268. The Labute approximate surface area is 108 Å². The third kappa shape index (κ3) is 1.75. The summed E-state index contributed by atoms with van der Waals surface area (Å²) in [6.45, 7) is 0. The Morgan fingerprint density at radius 1 is 0.833 bits per heavy atom. The van der Waals surface area contributed by atoms with E-state index in [4.69, 9.17) is 0 Å². The highest BCUT2D eigenvalue weighted by Crippen LogP contribution is 2.51. The van der Waals surface area contributed by atoms with Crippen molar-refractivity contribution in [3.8, 4) is 0 Å². The van der Waals surface area contributed by atoms with E-state index < -0.39 is 6.10 Å². The molecule has 1 aliphatic rings. The first-order valence-electron chi connectivity index (χ1n) is 6.61. The molecule has 1 aliphatic carbocycles. The van der Waals surface area contributed by atoms with Crippen molar-refractivity contribution in [1.82, 2.24) is 0 Å². The van der Waals surface area contributed by atoms with E-state index in [1.807, 2.05) is 36.4 Å². The van der Waals surface area contributed by atoms with Crippen molar-refractivity contribution in [1.29, 1.82) is 0 Å². The van der Waals surface area contributed by atoms with Gasteiger partial charge in [-0.25, -0.2) is 0 Å². The molecule has 0 aliphatic heterocycles. The lowest BCUT2D eigenvalue weighted by Crippen LogP contribution is -2.40. The molecule has 0 saturated heterocycles. The lowest BCUT2D eigenvalue weighted by atomic mass is 9.60. The molecule has 1 atom stereocenters. The Morgan fingerprint density at radius 3 is 1.89 bits per heavy atom. The van der Waals surface area contributed by atoms with E-state index in [0.717, 1.165) is 18.4 Å². The fourth-order valence-electron chi connectivity index (χ4n) is 3.00. The molecular weight excluding hydrogens is 220 g/mol. The first kappa shape index (κ1) is 11.5. The molecule has 0 heterocycles. The zero-order valence-electron chi connectivity index (χ0n) is 10.4. The van der Waals surface area contributed by atoms with Gasteiger partial charge < -0.3 is 5.11 Å².